The molecule has 5 nitrogen and oxygen atoms in total. The molecule has 6 heteroatoms. The third-order valence-corrected chi connectivity index (χ3v) is 4.64. The Bertz CT molecular complexity index is 1200. The van der Waals surface area contributed by atoms with Crippen molar-refractivity contribution < 1.29 is 9.18 Å². The number of pyridine rings is 2. The second-order valence-corrected chi connectivity index (χ2v) is 6.34. The predicted molar refractivity (Wildman–Crippen MR) is 108 cm³/mol. The average molecular weight is 372 g/mol. The number of carbonyl (C=O) groups excluding carboxylic acids is 1. The summed E-state index contributed by atoms with van der Waals surface area (Å²) in [6.07, 6.45) is 6.30. The highest BCUT2D eigenvalue weighted by Gasteiger charge is 2.12. The van der Waals surface area contributed by atoms with E-state index in [1.165, 1.54) is 23.2 Å². The van der Waals surface area contributed by atoms with E-state index in [2.05, 4.69) is 21.5 Å². The minimum atomic E-state index is -0.529. The fraction of sp³-hybridized carbons (Fsp3) is 0.0455. The van der Waals surface area contributed by atoms with Crippen molar-refractivity contribution in [3.05, 3.63) is 79.7 Å². The van der Waals surface area contributed by atoms with Gasteiger partial charge in [0, 0.05) is 53.9 Å². The maximum absolute atomic E-state index is 13.5. The van der Waals surface area contributed by atoms with Crippen molar-refractivity contribution in [1.29, 1.82) is 0 Å². The number of hydrogen-bond acceptors (Lipinski definition) is 3. The highest BCUT2D eigenvalue weighted by molar-refractivity contribution is 6.01. The van der Waals surface area contributed by atoms with Gasteiger partial charge in [-0.15, -0.1) is 0 Å². The van der Waals surface area contributed by atoms with Gasteiger partial charge < -0.3 is 9.88 Å². The first kappa shape index (κ1) is 17.6. The Morgan fingerprint density at radius 2 is 2.00 bits per heavy atom. The number of aromatic amines is 1. The molecule has 0 radical (unpaired) electrons. The molecule has 138 valence electrons. The zero-order chi connectivity index (χ0) is 19.7. The minimum Gasteiger partial charge on any atom is -0.346 e. The quantitative estimate of drug-likeness (QED) is 0.421. The summed E-state index contributed by atoms with van der Waals surface area (Å²) >= 11 is 0. The molecule has 0 atom stereocenters. The summed E-state index contributed by atoms with van der Waals surface area (Å²) in [7, 11) is 1.70. The number of fused-ring (bicyclic) bond motifs is 1. The maximum Gasteiger partial charge on any atom is 0.250 e. The number of carbonyl (C=O) groups is 1. The van der Waals surface area contributed by atoms with Crippen LogP contribution in [-0.4, -0.2) is 27.9 Å². The lowest BCUT2D eigenvalue weighted by molar-refractivity contribution is -0.113. The molecule has 0 saturated carbocycles. The molecule has 3 aromatic heterocycles. The topological polar surface area (TPSA) is 61.9 Å². The van der Waals surface area contributed by atoms with Gasteiger partial charge in [-0.05, 0) is 41.5 Å². The summed E-state index contributed by atoms with van der Waals surface area (Å²) < 4.78 is 13.5. The smallest absolute Gasteiger partial charge is 0.250 e. The molecule has 28 heavy (non-hydrogen) atoms. The van der Waals surface area contributed by atoms with Gasteiger partial charge >= 0.3 is 0 Å². The first-order valence-corrected chi connectivity index (χ1v) is 8.66. The van der Waals surface area contributed by atoms with Gasteiger partial charge in [-0.1, -0.05) is 18.7 Å². The zero-order valence-electron chi connectivity index (χ0n) is 15.2. The second kappa shape index (κ2) is 7.08. The Labute approximate surface area is 161 Å². The van der Waals surface area contributed by atoms with Gasteiger partial charge in [-0.2, -0.15) is 4.39 Å². The van der Waals surface area contributed by atoms with Crippen LogP contribution in [0, 0.1) is 5.95 Å². The van der Waals surface area contributed by atoms with Gasteiger partial charge in [0.15, 0.2) is 0 Å². The third-order valence-electron chi connectivity index (χ3n) is 4.64. The highest BCUT2D eigenvalue weighted by Crippen LogP contribution is 2.32. The van der Waals surface area contributed by atoms with Gasteiger partial charge in [-0.25, -0.2) is 9.97 Å². The Kier molecular flexibility index (Phi) is 4.45. The van der Waals surface area contributed by atoms with E-state index in [4.69, 9.17) is 0 Å². The molecule has 0 spiro atoms. The van der Waals surface area contributed by atoms with Crippen LogP contribution in [0.3, 0.4) is 0 Å². The number of nitrogens with one attached hydrogen (secondary N) is 1. The van der Waals surface area contributed by atoms with Crippen LogP contribution < -0.4 is 4.90 Å². The monoisotopic (exact) mass is 372 g/mol. The molecule has 3 heterocycles. The zero-order valence-corrected chi connectivity index (χ0v) is 15.2. The minimum absolute atomic E-state index is 0.182. The Hall–Kier alpha value is -3.80. The number of H-pyrrole nitrogens is 1. The molecule has 1 amide bonds. The molecular formula is C22H17FN4O. The summed E-state index contributed by atoms with van der Waals surface area (Å²) in [6, 6.07) is 12.8. The van der Waals surface area contributed by atoms with Gasteiger partial charge in [0.1, 0.15) is 5.65 Å². The van der Waals surface area contributed by atoms with Gasteiger partial charge in [0.2, 0.25) is 11.9 Å². The number of amides is 1. The van der Waals surface area contributed by atoms with Crippen molar-refractivity contribution in [3.63, 3.8) is 0 Å². The van der Waals surface area contributed by atoms with Crippen LogP contribution in [0.5, 0.6) is 0 Å². The molecule has 0 aliphatic heterocycles. The predicted octanol–water partition coefficient (Wildman–Crippen LogP) is 4.58. The number of anilines is 1. The molecular weight excluding hydrogens is 355 g/mol. The van der Waals surface area contributed by atoms with Crippen LogP contribution >= 0.6 is 0 Å². The Morgan fingerprint density at radius 1 is 1.14 bits per heavy atom. The average Bonchev–Trinajstić information content (AvgIpc) is 3.16. The first-order valence-electron chi connectivity index (χ1n) is 8.66. The lowest BCUT2D eigenvalue weighted by atomic mass is 10.0. The lowest BCUT2D eigenvalue weighted by Gasteiger charge is -2.16. The number of benzene rings is 1. The molecule has 0 saturated heterocycles. The number of rotatable bonds is 4. The standard InChI is InChI=1S/C22H17FN4O/c1-3-21(28)27(2)17-6-4-5-14(9-17)16-10-18-19(13-26-22(18)25-12-16)15-7-8-24-20(23)11-15/h3-13H,1H2,2H3,(H,25,26). The van der Waals surface area contributed by atoms with Crippen molar-refractivity contribution in [2.45, 2.75) is 0 Å². The van der Waals surface area contributed by atoms with Crippen molar-refractivity contribution in [2.24, 2.45) is 0 Å². The van der Waals surface area contributed by atoms with E-state index < -0.39 is 5.95 Å². The third kappa shape index (κ3) is 3.16. The molecule has 0 fully saturated rings. The normalized spacial score (nSPS) is 10.8. The van der Waals surface area contributed by atoms with Crippen LogP contribution in [0.15, 0.2) is 73.7 Å². The molecule has 0 aliphatic carbocycles. The van der Waals surface area contributed by atoms with E-state index in [1.807, 2.05) is 36.5 Å². The van der Waals surface area contributed by atoms with Gasteiger partial charge in [-0.3, -0.25) is 4.79 Å². The number of hydrogen-bond donors (Lipinski definition) is 1. The van der Waals surface area contributed by atoms with Crippen LogP contribution in [-0.2, 0) is 4.79 Å². The van der Waals surface area contributed by atoms with E-state index in [-0.39, 0.29) is 5.91 Å². The molecule has 4 aromatic rings. The Morgan fingerprint density at radius 3 is 2.79 bits per heavy atom. The summed E-state index contributed by atoms with van der Waals surface area (Å²) in [6.45, 7) is 3.52. The fourth-order valence-electron chi connectivity index (χ4n) is 3.13. The van der Waals surface area contributed by atoms with Crippen LogP contribution in [0.4, 0.5) is 10.1 Å². The number of nitrogens with zero attached hydrogens (tertiary/aromatic N) is 3. The second-order valence-electron chi connectivity index (χ2n) is 6.34. The first-order chi connectivity index (χ1) is 13.6. The van der Waals surface area contributed by atoms with E-state index in [0.29, 0.717) is 5.65 Å². The molecule has 1 N–H and O–H groups in total. The maximum atomic E-state index is 13.5. The van der Waals surface area contributed by atoms with E-state index in [0.717, 1.165) is 33.3 Å². The SMILES string of the molecule is C=CC(=O)N(C)c1cccc(-c2cnc3[nH]cc(-c4ccnc(F)c4)c3c2)c1. The van der Waals surface area contributed by atoms with E-state index >= 15 is 0 Å². The highest BCUT2D eigenvalue weighted by atomic mass is 19.1. The fourth-order valence-corrected chi connectivity index (χ4v) is 3.13. The van der Waals surface area contributed by atoms with Crippen molar-refractivity contribution in [1.82, 2.24) is 15.0 Å². The number of aromatic nitrogens is 3. The Balaban J connectivity index is 1.79. The molecule has 0 aliphatic rings. The van der Waals surface area contributed by atoms with Crippen molar-refractivity contribution in [2.75, 3.05) is 11.9 Å². The molecule has 0 bridgehead atoms. The van der Waals surface area contributed by atoms with Gasteiger partial charge in [0.05, 0.1) is 0 Å². The van der Waals surface area contributed by atoms with Crippen molar-refractivity contribution >= 4 is 22.6 Å². The van der Waals surface area contributed by atoms with Crippen molar-refractivity contribution in [3.8, 4) is 22.3 Å². The summed E-state index contributed by atoms with van der Waals surface area (Å²) in [4.78, 5) is 24.6. The molecule has 1 aromatic carbocycles. The number of likely N-dealkylation sites (N-methyl/N-ethyl adjacent to an activating group) is 1. The van der Waals surface area contributed by atoms with E-state index in [9.17, 15) is 9.18 Å². The van der Waals surface area contributed by atoms with Crippen LogP contribution in [0.25, 0.3) is 33.3 Å². The summed E-state index contributed by atoms with van der Waals surface area (Å²) in [5, 5.41) is 0.879. The summed E-state index contributed by atoms with van der Waals surface area (Å²) in [5.41, 5.74) is 4.86. The van der Waals surface area contributed by atoms with Gasteiger partial charge in [0.25, 0.3) is 0 Å². The lowest BCUT2D eigenvalue weighted by Crippen LogP contribution is -2.23. The summed E-state index contributed by atoms with van der Waals surface area (Å²) in [5.74, 6) is -0.711. The molecule has 4 rings (SSSR count). The van der Waals surface area contributed by atoms with Crippen LogP contribution in [0.1, 0.15) is 0 Å². The molecule has 0 unspecified atom stereocenters. The largest absolute Gasteiger partial charge is 0.346 e. The van der Waals surface area contributed by atoms with E-state index in [1.54, 1.807) is 19.3 Å². The number of halogens is 1. The van der Waals surface area contributed by atoms with Crippen LogP contribution in [0.2, 0.25) is 0 Å².